The molecule has 1 unspecified atom stereocenters. The Kier molecular flexibility index (Phi) is 4.91. The number of fused-ring (bicyclic) bond motifs is 3. The lowest BCUT2D eigenvalue weighted by Gasteiger charge is -2.37. The molecular weight excluding hydrogens is 384 g/mol. The van der Waals surface area contributed by atoms with Gasteiger partial charge in [-0.1, -0.05) is 26.8 Å². The van der Waals surface area contributed by atoms with Crippen LogP contribution in [0.25, 0.3) is 0 Å². The first-order chi connectivity index (χ1) is 14.2. The standard InChI is InChI=1S/C24H26O6/c1-5-12(2)22(27)20-21-15-11-29-17(19-13(3)7-6-8-16(19)25)9-14(15)10-18(26)24(21,4)30-23(20)28/h6,8-13,19-21H,5,7H2,1-4H3/t12?,13-,19+,20+,21+,24+/m0/s1. The number of Topliss-reactive ketones (excluding diaryl/α,β-unsaturated/α-hetero) is 1. The third kappa shape index (κ3) is 2.92. The highest BCUT2D eigenvalue weighted by molar-refractivity contribution is 6.10. The maximum atomic E-state index is 13.0. The van der Waals surface area contributed by atoms with Gasteiger partial charge in [0.1, 0.15) is 11.7 Å². The van der Waals surface area contributed by atoms with Crippen LogP contribution in [0, 0.1) is 29.6 Å². The number of hydrogen-bond acceptors (Lipinski definition) is 6. The number of carbonyl (C=O) groups excluding carboxylic acids is 4. The van der Waals surface area contributed by atoms with Crippen LogP contribution in [0.2, 0.25) is 0 Å². The molecule has 0 radical (unpaired) electrons. The van der Waals surface area contributed by atoms with E-state index in [2.05, 4.69) is 0 Å². The van der Waals surface area contributed by atoms with E-state index in [1.807, 2.05) is 19.9 Å². The number of carbonyl (C=O) groups is 4. The Morgan fingerprint density at radius 1 is 1.27 bits per heavy atom. The summed E-state index contributed by atoms with van der Waals surface area (Å²) in [6, 6.07) is 0. The number of esters is 1. The number of ether oxygens (including phenoxy) is 2. The zero-order valence-electron chi connectivity index (χ0n) is 17.6. The summed E-state index contributed by atoms with van der Waals surface area (Å²) < 4.78 is 11.4. The summed E-state index contributed by atoms with van der Waals surface area (Å²) in [5, 5.41) is 0. The van der Waals surface area contributed by atoms with Crippen molar-refractivity contribution in [2.75, 3.05) is 0 Å². The van der Waals surface area contributed by atoms with Crippen molar-refractivity contribution in [3.8, 4) is 0 Å². The van der Waals surface area contributed by atoms with Gasteiger partial charge in [0, 0.05) is 11.5 Å². The fraction of sp³-hybridized carbons (Fsp3) is 0.500. The van der Waals surface area contributed by atoms with Gasteiger partial charge >= 0.3 is 5.97 Å². The van der Waals surface area contributed by atoms with Crippen molar-refractivity contribution in [2.45, 2.75) is 46.1 Å². The molecule has 2 heterocycles. The topological polar surface area (TPSA) is 86.7 Å². The van der Waals surface area contributed by atoms with Gasteiger partial charge in [-0.25, -0.2) is 0 Å². The highest BCUT2D eigenvalue weighted by Gasteiger charge is 2.62. The third-order valence-electron chi connectivity index (χ3n) is 6.93. The zero-order chi connectivity index (χ0) is 21.8. The molecule has 30 heavy (non-hydrogen) atoms. The van der Waals surface area contributed by atoms with Gasteiger partial charge in [-0.2, -0.15) is 0 Å². The maximum Gasteiger partial charge on any atom is 0.318 e. The van der Waals surface area contributed by atoms with Crippen LogP contribution in [-0.2, 0) is 28.7 Å². The number of ketones is 3. The molecule has 0 aromatic heterocycles. The summed E-state index contributed by atoms with van der Waals surface area (Å²) in [7, 11) is 0. The lowest BCUT2D eigenvalue weighted by atomic mass is 9.66. The Bertz CT molecular complexity index is 964. The average molecular weight is 410 g/mol. The Morgan fingerprint density at radius 2 is 2.00 bits per heavy atom. The number of hydrogen-bond donors (Lipinski definition) is 0. The van der Waals surface area contributed by atoms with E-state index in [0.717, 1.165) is 6.42 Å². The maximum absolute atomic E-state index is 13.0. The van der Waals surface area contributed by atoms with E-state index in [4.69, 9.17) is 9.47 Å². The van der Waals surface area contributed by atoms with Crippen molar-refractivity contribution in [1.29, 1.82) is 0 Å². The van der Waals surface area contributed by atoms with Crippen LogP contribution in [0.4, 0.5) is 0 Å². The summed E-state index contributed by atoms with van der Waals surface area (Å²) >= 11 is 0. The van der Waals surface area contributed by atoms with Gasteiger partial charge in [-0.15, -0.1) is 0 Å². The zero-order valence-corrected chi connectivity index (χ0v) is 17.6. The second kappa shape index (κ2) is 7.18. The Hall–Kier alpha value is -2.76. The van der Waals surface area contributed by atoms with Crippen molar-refractivity contribution in [3.63, 3.8) is 0 Å². The van der Waals surface area contributed by atoms with Gasteiger partial charge in [0.15, 0.2) is 23.0 Å². The molecule has 2 aliphatic heterocycles. The Labute approximate surface area is 175 Å². The molecule has 0 N–H and O–H groups in total. The van der Waals surface area contributed by atoms with Crippen LogP contribution >= 0.6 is 0 Å². The molecule has 0 aromatic rings. The van der Waals surface area contributed by atoms with E-state index in [0.29, 0.717) is 23.3 Å². The summed E-state index contributed by atoms with van der Waals surface area (Å²) in [5.74, 6) is -3.23. The molecule has 1 fully saturated rings. The van der Waals surface area contributed by atoms with Crippen LogP contribution in [0.5, 0.6) is 0 Å². The van der Waals surface area contributed by atoms with Gasteiger partial charge in [0.2, 0.25) is 0 Å². The first kappa shape index (κ1) is 20.5. The summed E-state index contributed by atoms with van der Waals surface area (Å²) in [6.07, 6.45) is 9.41. The lowest BCUT2D eigenvalue weighted by Crippen LogP contribution is -2.47. The fourth-order valence-corrected chi connectivity index (χ4v) is 4.89. The highest BCUT2D eigenvalue weighted by atomic mass is 16.6. The minimum absolute atomic E-state index is 0.0337. The predicted octanol–water partition coefficient (Wildman–Crippen LogP) is 3.24. The molecule has 6 nitrogen and oxygen atoms in total. The molecule has 0 aromatic carbocycles. The molecule has 2 aliphatic carbocycles. The van der Waals surface area contributed by atoms with Crippen molar-refractivity contribution in [3.05, 3.63) is 47.5 Å². The summed E-state index contributed by atoms with van der Waals surface area (Å²) in [5.41, 5.74) is -0.246. The molecule has 0 spiro atoms. The largest absolute Gasteiger partial charge is 0.468 e. The van der Waals surface area contributed by atoms with Crippen LogP contribution in [0.1, 0.15) is 40.5 Å². The monoisotopic (exact) mass is 410 g/mol. The van der Waals surface area contributed by atoms with Gasteiger partial charge in [0.25, 0.3) is 0 Å². The van der Waals surface area contributed by atoms with Gasteiger partial charge in [0.05, 0.1) is 18.1 Å². The number of rotatable bonds is 4. The van der Waals surface area contributed by atoms with E-state index in [-0.39, 0.29) is 29.2 Å². The third-order valence-corrected chi connectivity index (χ3v) is 6.93. The second-order valence-corrected chi connectivity index (χ2v) is 8.89. The van der Waals surface area contributed by atoms with Crippen LogP contribution in [0.15, 0.2) is 47.5 Å². The van der Waals surface area contributed by atoms with Crippen molar-refractivity contribution >= 4 is 23.3 Å². The van der Waals surface area contributed by atoms with Crippen LogP contribution in [0.3, 0.4) is 0 Å². The van der Waals surface area contributed by atoms with Gasteiger partial charge in [-0.3, -0.25) is 19.2 Å². The fourth-order valence-electron chi connectivity index (χ4n) is 4.89. The minimum Gasteiger partial charge on any atom is -0.468 e. The minimum atomic E-state index is -1.43. The Morgan fingerprint density at radius 3 is 2.67 bits per heavy atom. The van der Waals surface area contributed by atoms with Crippen LogP contribution in [-0.4, -0.2) is 28.9 Å². The molecule has 0 saturated carbocycles. The normalized spacial score (nSPS) is 36.0. The predicted molar refractivity (Wildman–Crippen MR) is 108 cm³/mol. The van der Waals surface area contributed by atoms with Crippen molar-refractivity contribution in [2.24, 2.45) is 29.6 Å². The molecule has 0 bridgehead atoms. The smallest absolute Gasteiger partial charge is 0.318 e. The average Bonchev–Trinajstić information content (AvgIpc) is 2.98. The van der Waals surface area contributed by atoms with E-state index in [9.17, 15) is 19.2 Å². The van der Waals surface area contributed by atoms with Crippen molar-refractivity contribution in [1.82, 2.24) is 0 Å². The quantitative estimate of drug-likeness (QED) is 0.522. The van der Waals surface area contributed by atoms with E-state index in [1.165, 1.54) is 12.3 Å². The molecule has 4 rings (SSSR count). The molecule has 6 atom stereocenters. The van der Waals surface area contributed by atoms with E-state index < -0.39 is 29.3 Å². The first-order valence-electron chi connectivity index (χ1n) is 10.5. The second-order valence-electron chi connectivity index (χ2n) is 8.89. The SMILES string of the molecule is CCC(C)C(=O)[C@@H]1C(=O)O[C@]2(C)C(=O)C=C3C=C([C@H]4C(=O)C=CC[C@@H]4C)OC=C3[C@H]12. The van der Waals surface area contributed by atoms with E-state index >= 15 is 0 Å². The summed E-state index contributed by atoms with van der Waals surface area (Å²) in [4.78, 5) is 51.1. The summed E-state index contributed by atoms with van der Waals surface area (Å²) in [6.45, 7) is 7.21. The lowest BCUT2D eigenvalue weighted by molar-refractivity contribution is -0.156. The molecule has 4 aliphatic rings. The number of allylic oxidation sites excluding steroid dienone is 5. The van der Waals surface area contributed by atoms with E-state index in [1.54, 1.807) is 26.0 Å². The van der Waals surface area contributed by atoms with Crippen LogP contribution < -0.4 is 0 Å². The van der Waals surface area contributed by atoms with Gasteiger partial charge < -0.3 is 9.47 Å². The molecule has 6 heteroatoms. The molecule has 0 amide bonds. The molecular formula is C24H26O6. The Balaban J connectivity index is 1.74. The molecule has 158 valence electrons. The molecule has 1 saturated heterocycles. The van der Waals surface area contributed by atoms with Gasteiger partial charge in [-0.05, 0) is 49.5 Å². The van der Waals surface area contributed by atoms with Crippen molar-refractivity contribution < 1.29 is 28.7 Å². The first-order valence-corrected chi connectivity index (χ1v) is 10.5. The highest BCUT2D eigenvalue weighted by Crippen LogP contribution is 2.51.